The van der Waals surface area contributed by atoms with E-state index in [0.29, 0.717) is 6.61 Å². The number of imide groups is 1. The molecule has 6 rings (SSSR count). The number of hydrogen-bond acceptors (Lipinski definition) is 7. The first-order valence-corrected chi connectivity index (χ1v) is 12.2. The molecule has 2 aromatic carbocycles. The number of fused-ring (bicyclic) bond motifs is 5. The Hall–Kier alpha value is -3.85. The third kappa shape index (κ3) is 3.30. The molecule has 4 aliphatic rings. The maximum atomic E-state index is 14.0. The summed E-state index contributed by atoms with van der Waals surface area (Å²) in [5.41, 5.74) is 2.90. The number of Topliss-reactive ketones (excluding diaryl/α,β-unsaturated/α-hetero) is 1. The molecule has 9 nitrogen and oxygen atoms in total. The molecule has 0 bridgehead atoms. The van der Waals surface area contributed by atoms with Gasteiger partial charge in [0.1, 0.15) is 6.04 Å². The molecule has 3 saturated heterocycles. The lowest BCUT2D eigenvalue weighted by molar-refractivity contribution is -0.384. The SMILES string of the molecule is CC1=C[C@@H]2[C@@H]3C(=O)N(C[C@@H]4CCCO4)C(=O)[C@H]3[C@@H](C(=O)c3ccc([N+](=O)[O-])cc3)N2c2ccccc21. The number of ether oxygens (including phenoxy) is 1. The van der Waals surface area contributed by atoms with Crippen LogP contribution in [0.2, 0.25) is 0 Å². The minimum atomic E-state index is -0.905. The van der Waals surface area contributed by atoms with Gasteiger partial charge in [0.15, 0.2) is 5.78 Å². The Balaban J connectivity index is 1.44. The maximum Gasteiger partial charge on any atom is 0.269 e. The zero-order valence-corrected chi connectivity index (χ0v) is 19.7. The van der Waals surface area contributed by atoms with Crippen LogP contribution in [0.5, 0.6) is 0 Å². The molecule has 184 valence electrons. The molecule has 5 atom stereocenters. The van der Waals surface area contributed by atoms with E-state index in [1.54, 1.807) is 0 Å². The van der Waals surface area contributed by atoms with Gasteiger partial charge >= 0.3 is 0 Å². The van der Waals surface area contributed by atoms with Crippen molar-refractivity contribution in [3.63, 3.8) is 0 Å². The quantitative estimate of drug-likeness (QED) is 0.276. The van der Waals surface area contributed by atoms with Crippen molar-refractivity contribution in [1.29, 1.82) is 0 Å². The molecule has 9 heteroatoms. The molecule has 0 unspecified atom stereocenters. The van der Waals surface area contributed by atoms with Gasteiger partial charge in [-0.3, -0.25) is 29.4 Å². The molecule has 4 heterocycles. The Morgan fingerprint density at radius 1 is 1.08 bits per heavy atom. The van der Waals surface area contributed by atoms with Gasteiger partial charge in [-0.1, -0.05) is 24.3 Å². The Bertz CT molecular complexity index is 1310. The van der Waals surface area contributed by atoms with Gasteiger partial charge < -0.3 is 9.64 Å². The van der Waals surface area contributed by atoms with Crippen LogP contribution in [0.25, 0.3) is 5.57 Å². The Morgan fingerprint density at radius 3 is 2.50 bits per heavy atom. The lowest BCUT2D eigenvalue weighted by Crippen LogP contribution is -2.49. The summed E-state index contributed by atoms with van der Waals surface area (Å²) < 4.78 is 5.69. The van der Waals surface area contributed by atoms with E-state index < -0.39 is 28.8 Å². The van der Waals surface area contributed by atoms with E-state index in [-0.39, 0.29) is 41.5 Å². The summed E-state index contributed by atoms with van der Waals surface area (Å²) >= 11 is 0. The molecule has 0 spiro atoms. The van der Waals surface area contributed by atoms with Crippen molar-refractivity contribution in [3.05, 3.63) is 75.8 Å². The molecule has 0 aliphatic carbocycles. The minimum absolute atomic E-state index is 0.120. The van der Waals surface area contributed by atoms with Crippen LogP contribution in [0, 0.1) is 22.0 Å². The Morgan fingerprint density at radius 2 is 1.81 bits per heavy atom. The van der Waals surface area contributed by atoms with Crippen molar-refractivity contribution in [2.24, 2.45) is 11.8 Å². The molecule has 2 aromatic rings. The molecular weight excluding hydrogens is 462 g/mol. The monoisotopic (exact) mass is 487 g/mol. The molecule has 2 amide bonds. The topological polar surface area (TPSA) is 110 Å². The number of non-ortho nitro benzene ring substituents is 1. The van der Waals surface area contributed by atoms with E-state index in [9.17, 15) is 24.5 Å². The third-order valence-electron chi connectivity index (χ3n) is 7.89. The number of carbonyl (C=O) groups is 3. The van der Waals surface area contributed by atoms with Gasteiger partial charge in [0.2, 0.25) is 11.8 Å². The van der Waals surface area contributed by atoms with Crippen LogP contribution in [0.1, 0.15) is 35.7 Å². The molecule has 0 aromatic heterocycles. The molecule has 4 aliphatic heterocycles. The fraction of sp³-hybridized carbons (Fsp3) is 0.370. The second-order valence-electron chi connectivity index (χ2n) is 9.85. The largest absolute Gasteiger partial charge is 0.376 e. The second kappa shape index (κ2) is 8.37. The fourth-order valence-corrected chi connectivity index (χ4v) is 6.25. The van der Waals surface area contributed by atoms with Gasteiger partial charge in [0.05, 0.1) is 35.4 Å². The molecular formula is C27H25N3O6. The second-order valence-corrected chi connectivity index (χ2v) is 9.85. The number of amides is 2. The number of benzene rings is 2. The number of nitrogens with zero attached hydrogens (tertiary/aromatic N) is 3. The highest BCUT2D eigenvalue weighted by Crippen LogP contribution is 2.50. The summed E-state index contributed by atoms with van der Waals surface area (Å²) in [4.78, 5) is 55.2. The van der Waals surface area contributed by atoms with Crippen LogP contribution in [-0.2, 0) is 14.3 Å². The maximum absolute atomic E-state index is 14.0. The summed E-state index contributed by atoms with van der Waals surface area (Å²) in [7, 11) is 0. The summed E-state index contributed by atoms with van der Waals surface area (Å²) in [5.74, 6) is -2.47. The Kier molecular flexibility index (Phi) is 5.26. The number of anilines is 1. The van der Waals surface area contributed by atoms with Crippen LogP contribution in [0.15, 0.2) is 54.6 Å². The number of rotatable bonds is 5. The van der Waals surface area contributed by atoms with Crippen molar-refractivity contribution < 1.29 is 24.0 Å². The molecule has 0 N–H and O–H groups in total. The predicted molar refractivity (Wildman–Crippen MR) is 130 cm³/mol. The van der Waals surface area contributed by atoms with E-state index in [1.165, 1.54) is 29.2 Å². The lowest BCUT2D eigenvalue weighted by atomic mass is 9.85. The zero-order chi connectivity index (χ0) is 25.1. The van der Waals surface area contributed by atoms with Crippen molar-refractivity contribution in [2.45, 2.75) is 38.0 Å². The van der Waals surface area contributed by atoms with Crippen LogP contribution < -0.4 is 4.90 Å². The van der Waals surface area contributed by atoms with Gasteiger partial charge in [-0.2, -0.15) is 0 Å². The fourth-order valence-electron chi connectivity index (χ4n) is 6.25. The van der Waals surface area contributed by atoms with E-state index in [2.05, 4.69) is 0 Å². The number of ketones is 1. The standard InChI is InChI=1S/C27H25N3O6/c1-15-13-21-22-23(27(33)28(26(22)32)14-18-5-4-12-36-18)24(29(21)20-7-3-2-6-19(15)20)25(31)16-8-10-17(11-9-16)30(34)35/h2-3,6-11,13,18,21-24H,4-5,12,14H2,1H3/t18-,21+,22-,23+,24-/m0/s1. The number of nitro groups is 1. The molecule has 0 saturated carbocycles. The van der Waals surface area contributed by atoms with Gasteiger partial charge in [-0.05, 0) is 43.5 Å². The van der Waals surface area contributed by atoms with Crippen LogP contribution in [0.3, 0.4) is 0 Å². The smallest absolute Gasteiger partial charge is 0.269 e. The van der Waals surface area contributed by atoms with Crippen LogP contribution in [0.4, 0.5) is 11.4 Å². The van der Waals surface area contributed by atoms with E-state index in [4.69, 9.17) is 4.74 Å². The first-order valence-electron chi connectivity index (χ1n) is 12.2. The number of likely N-dealkylation sites (tertiary alicyclic amines) is 1. The summed E-state index contributed by atoms with van der Waals surface area (Å²) in [6, 6.07) is 11.7. The number of para-hydroxylation sites is 1. The van der Waals surface area contributed by atoms with Gasteiger partial charge in [0.25, 0.3) is 5.69 Å². The lowest BCUT2D eigenvalue weighted by Gasteiger charge is -2.38. The highest BCUT2D eigenvalue weighted by Gasteiger charge is 2.64. The average Bonchev–Trinajstić information content (AvgIpc) is 3.57. The van der Waals surface area contributed by atoms with Gasteiger partial charge in [-0.15, -0.1) is 0 Å². The van der Waals surface area contributed by atoms with Crippen molar-refractivity contribution in [3.8, 4) is 0 Å². The first kappa shape index (κ1) is 22.6. The van der Waals surface area contributed by atoms with E-state index in [1.807, 2.05) is 42.2 Å². The number of carbonyl (C=O) groups excluding carboxylic acids is 3. The third-order valence-corrected chi connectivity index (χ3v) is 7.89. The van der Waals surface area contributed by atoms with Crippen molar-refractivity contribution in [1.82, 2.24) is 4.90 Å². The van der Waals surface area contributed by atoms with Crippen molar-refractivity contribution >= 4 is 34.5 Å². The number of allylic oxidation sites excluding steroid dienone is 1. The number of nitro benzene ring substituents is 1. The number of hydrogen-bond donors (Lipinski definition) is 0. The summed E-state index contributed by atoms with van der Waals surface area (Å²) in [6.45, 7) is 2.79. The van der Waals surface area contributed by atoms with Crippen LogP contribution >= 0.6 is 0 Å². The highest BCUT2D eigenvalue weighted by molar-refractivity contribution is 6.14. The van der Waals surface area contributed by atoms with Crippen molar-refractivity contribution in [2.75, 3.05) is 18.1 Å². The Labute approximate surface area is 207 Å². The van der Waals surface area contributed by atoms with Gasteiger partial charge in [-0.25, -0.2) is 0 Å². The highest BCUT2D eigenvalue weighted by atomic mass is 16.6. The molecule has 0 radical (unpaired) electrons. The molecule has 3 fully saturated rings. The summed E-state index contributed by atoms with van der Waals surface area (Å²) in [5, 5.41) is 11.1. The van der Waals surface area contributed by atoms with Gasteiger partial charge in [0, 0.05) is 35.6 Å². The van der Waals surface area contributed by atoms with Crippen LogP contribution in [-0.4, -0.2) is 58.8 Å². The summed E-state index contributed by atoms with van der Waals surface area (Å²) in [6.07, 6.45) is 3.49. The first-order chi connectivity index (χ1) is 17.4. The minimum Gasteiger partial charge on any atom is -0.376 e. The van der Waals surface area contributed by atoms with E-state index >= 15 is 0 Å². The predicted octanol–water partition coefficient (Wildman–Crippen LogP) is 3.23. The van der Waals surface area contributed by atoms with E-state index in [0.717, 1.165) is 29.7 Å². The zero-order valence-electron chi connectivity index (χ0n) is 19.7. The molecule has 36 heavy (non-hydrogen) atoms. The average molecular weight is 488 g/mol. The normalized spacial score (nSPS) is 28.6.